The molecular formula is C14H23NOS. The lowest BCUT2D eigenvalue weighted by atomic mass is 9.87. The summed E-state index contributed by atoms with van der Waals surface area (Å²) in [6, 6.07) is 2.75. The average Bonchev–Trinajstić information content (AvgIpc) is 2.94. The summed E-state index contributed by atoms with van der Waals surface area (Å²) in [6.45, 7) is 8.58. The van der Waals surface area contributed by atoms with Gasteiger partial charge < -0.3 is 10.1 Å². The molecule has 1 aliphatic heterocycles. The van der Waals surface area contributed by atoms with Crippen molar-refractivity contribution in [1.82, 2.24) is 5.32 Å². The largest absolute Gasteiger partial charge is 0.378 e. The van der Waals surface area contributed by atoms with Crippen LogP contribution >= 0.6 is 11.3 Å². The van der Waals surface area contributed by atoms with Gasteiger partial charge >= 0.3 is 0 Å². The zero-order chi connectivity index (χ0) is 12.3. The lowest BCUT2D eigenvalue weighted by Gasteiger charge is -2.28. The van der Waals surface area contributed by atoms with Crippen LogP contribution in [-0.2, 0) is 4.74 Å². The fourth-order valence-electron chi connectivity index (χ4n) is 2.90. The summed E-state index contributed by atoms with van der Waals surface area (Å²) in [5.74, 6) is 0.633. The molecule has 0 aromatic carbocycles. The molecule has 3 atom stereocenters. The predicted octanol–water partition coefficient (Wildman–Crippen LogP) is 3.52. The molecule has 1 N–H and O–H groups in total. The lowest BCUT2D eigenvalue weighted by Crippen LogP contribution is -2.32. The second-order valence-electron chi connectivity index (χ2n) is 4.74. The van der Waals surface area contributed by atoms with E-state index in [1.165, 1.54) is 16.9 Å². The standard InChI is InChI=1S/C14H23NOS/c1-4-13-12(6-8-16-13)14(15-5-2)11-7-9-17-10(11)3/h7,9,12-15H,4-6,8H2,1-3H3. The summed E-state index contributed by atoms with van der Waals surface area (Å²) in [5, 5.41) is 5.86. The molecule has 0 bridgehead atoms. The second-order valence-corrected chi connectivity index (χ2v) is 5.86. The SMILES string of the molecule is CCNC(c1ccsc1C)C1CCOC1CC. The molecule has 96 valence electrons. The number of hydrogen-bond donors (Lipinski definition) is 1. The van der Waals surface area contributed by atoms with E-state index in [0.717, 1.165) is 19.6 Å². The van der Waals surface area contributed by atoms with Gasteiger partial charge in [-0.25, -0.2) is 0 Å². The van der Waals surface area contributed by atoms with Crippen LogP contribution in [0.3, 0.4) is 0 Å². The maximum absolute atomic E-state index is 5.84. The van der Waals surface area contributed by atoms with E-state index < -0.39 is 0 Å². The number of nitrogens with one attached hydrogen (secondary N) is 1. The highest BCUT2D eigenvalue weighted by Gasteiger charge is 2.34. The quantitative estimate of drug-likeness (QED) is 0.867. The molecule has 0 aliphatic carbocycles. The summed E-state index contributed by atoms with van der Waals surface area (Å²) in [5.41, 5.74) is 1.48. The van der Waals surface area contributed by atoms with Crippen LogP contribution in [0.15, 0.2) is 11.4 Å². The fourth-order valence-corrected chi connectivity index (χ4v) is 3.65. The van der Waals surface area contributed by atoms with E-state index in [9.17, 15) is 0 Å². The maximum atomic E-state index is 5.84. The van der Waals surface area contributed by atoms with Crippen molar-refractivity contribution in [3.8, 4) is 0 Å². The molecular weight excluding hydrogens is 230 g/mol. The van der Waals surface area contributed by atoms with Crippen LogP contribution < -0.4 is 5.32 Å². The summed E-state index contributed by atoms with van der Waals surface area (Å²) in [6.07, 6.45) is 2.74. The molecule has 3 unspecified atom stereocenters. The van der Waals surface area contributed by atoms with E-state index in [0.29, 0.717) is 18.1 Å². The average molecular weight is 253 g/mol. The minimum atomic E-state index is 0.429. The van der Waals surface area contributed by atoms with Crippen LogP contribution in [-0.4, -0.2) is 19.3 Å². The highest BCUT2D eigenvalue weighted by Crippen LogP contribution is 2.37. The lowest BCUT2D eigenvalue weighted by molar-refractivity contribution is 0.0776. The Morgan fingerprint density at radius 3 is 2.94 bits per heavy atom. The van der Waals surface area contributed by atoms with Gasteiger partial charge in [-0.15, -0.1) is 11.3 Å². The number of rotatable bonds is 5. The van der Waals surface area contributed by atoms with Gasteiger partial charge in [-0.3, -0.25) is 0 Å². The van der Waals surface area contributed by atoms with Gasteiger partial charge in [0, 0.05) is 23.4 Å². The molecule has 2 heterocycles. The first kappa shape index (κ1) is 13.1. The van der Waals surface area contributed by atoms with Crippen molar-refractivity contribution in [2.24, 2.45) is 5.92 Å². The summed E-state index contributed by atoms with van der Waals surface area (Å²) in [7, 11) is 0. The van der Waals surface area contributed by atoms with Crippen molar-refractivity contribution < 1.29 is 4.74 Å². The molecule has 2 nitrogen and oxygen atoms in total. The topological polar surface area (TPSA) is 21.3 Å². The number of aryl methyl sites for hydroxylation is 1. The maximum Gasteiger partial charge on any atom is 0.0619 e. The molecule has 1 saturated heterocycles. The van der Waals surface area contributed by atoms with Crippen LogP contribution in [0.5, 0.6) is 0 Å². The number of ether oxygens (including phenoxy) is 1. The Kier molecular flexibility index (Phi) is 4.60. The zero-order valence-corrected chi connectivity index (χ0v) is 11.8. The molecule has 3 heteroatoms. The van der Waals surface area contributed by atoms with Crippen molar-refractivity contribution in [3.05, 3.63) is 21.9 Å². The molecule has 0 amide bonds. The first-order chi connectivity index (χ1) is 8.27. The van der Waals surface area contributed by atoms with E-state index in [4.69, 9.17) is 4.74 Å². The van der Waals surface area contributed by atoms with Gasteiger partial charge in [0.1, 0.15) is 0 Å². The molecule has 1 aromatic heterocycles. The monoisotopic (exact) mass is 253 g/mol. The number of thiophene rings is 1. The summed E-state index contributed by atoms with van der Waals surface area (Å²) < 4.78 is 5.84. The first-order valence-corrected chi connectivity index (χ1v) is 7.54. The zero-order valence-electron chi connectivity index (χ0n) is 11.0. The van der Waals surface area contributed by atoms with Gasteiger partial charge in [0.2, 0.25) is 0 Å². The minimum Gasteiger partial charge on any atom is -0.378 e. The van der Waals surface area contributed by atoms with E-state index in [1.54, 1.807) is 0 Å². The third-order valence-electron chi connectivity index (χ3n) is 3.75. The van der Waals surface area contributed by atoms with Gasteiger partial charge in [0.25, 0.3) is 0 Å². The smallest absolute Gasteiger partial charge is 0.0619 e. The molecule has 1 aromatic rings. The van der Waals surface area contributed by atoms with Crippen LogP contribution in [0.2, 0.25) is 0 Å². The Labute approximate surface area is 108 Å². The molecule has 1 fully saturated rings. The van der Waals surface area contributed by atoms with Gasteiger partial charge in [-0.1, -0.05) is 13.8 Å². The Balaban J connectivity index is 2.20. The van der Waals surface area contributed by atoms with Crippen molar-refractivity contribution in [3.63, 3.8) is 0 Å². The third-order valence-corrected chi connectivity index (χ3v) is 4.61. The molecule has 2 rings (SSSR count). The van der Waals surface area contributed by atoms with Crippen molar-refractivity contribution in [1.29, 1.82) is 0 Å². The van der Waals surface area contributed by atoms with Crippen molar-refractivity contribution in [2.75, 3.05) is 13.2 Å². The molecule has 1 aliphatic rings. The summed E-state index contributed by atoms with van der Waals surface area (Å²) >= 11 is 1.85. The van der Waals surface area contributed by atoms with E-state index in [1.807, 2.05) is 11.3 Å². The summed E-state index contributed by atoms with van der Waals surface area (Å²) in [4.78, 5) is 1.44. The molecule has 17 heavy (non-hydrogen) atoms. The molecule has 0 spiro atoms. The predicted molar refractivity (Wildman–Crippen MR) is 73.6 cm³/mol. The first-order valence-electron chi connectivity index (χ1n) is 6.66. The van der Waals surface area contributed by atoms with Crippen LogP contribution in [0.1, 0.15) is 43.2 Å². The van der Waals surface area contributed by atoms with Gasteiger partial charge in [0.05, 0.1) is 6.10 Å². The normalized spacial score (nSPS) is 26.3. The Morgan fingerprint density at radius 1 is 1.53 bits per heavy atom. The highest BCUT2D eigenvalue weighted by molar-refractivity contribution is 7.10. The molecule has 0 saturated carbocycles. The van der Waals surface area contributed by atoms with Gasteiger partial charge in [0.15, 0.2) is 0 Å². The fraction of sp³-hybridized carbons (Fsp3) is 0.714. The minimum absolute atomic E-state index is 0.429. The Morgan fingerprint density at radius 2 is 2.35 bits per heavy atom. The van der Waals surface area contributed by atoms with Crippen LogP contribution in [0.25, 0.3) is 0 Å². The van der Waals surface area contributed by atoms with Crippen molar-refractivity contribution >= 4 is 11.3 Å². The van der Waals surface area contributed by atoms with Crippen LogP contribution in [0.4, 0.5) is 0 Å². The Bertz CT molecular complexity index is 350. The second kappa shape index (κ2) is 5.98. The highest BCUT2D eigenvalue weighted by atomic mass is 32.1. The van der Waals surface area contributed by atoms with E-state index in [2.05, 4.69) is 37.5 Å². The van der Waals surface area contributed by atoms with Crippen molar-refractivity contribution in [2.45, 2.75) is 45.8 Å². The van der Waals surface area contributed by atoms with Gasteiger partial charge in [-0.2, -0.15) is 0 Å². The third kappa shape index (κ3) is 2.72. The van der Waals surface area contributed by atoms with E-state index >= 15 is 0 Å². The van der Waals surface area contributed by atoms with E-state index in [-0.39, 0.29) is 0 Å². The molecule has 0 radical (unpaired) electrons. The van der Waals surface area contributed by atoms with Crippen LogP contribution in [0, 0.1) is 12.8 Å². The van der Waals surface area contributed by atoms with Gasteiger partial charge in [-0.05, 0) is 43.3 Å². The number of hydrogen-bond acceptors (Lipinski definition) is 3. The Hall–Kier alpha value is -0.380.